The standard InChI is InChI=1S/C15H14N4/c1-9-6-13-15(17-8-9)19-14(18-13)11-2-3-12-10(7-11)4-5-16-12/h2-3,6-8,16H,4-5H2,1H3,(H,17,18,19). The molecule has 0 spiro atoms. The molecule has 0 unspecified atom stereocenters. The van der Waals surface area contributed by atoms with Crippen LogP contribution in [0.25, 0.3) is 22.6 Å². The van der Waals surface area contributed by atoms with E-state index < -0.39 is 0 Å². The van der Waals surface area contributed by atoms with Gasteiger partial charge in [0.2, 0.25) is 0 Å². The Morgan fingerprint density at radius 2 is 2.16 bits per heavy atom. The maximum absolute atomic E-state index is 4.56. The summed E-state index contributed by atoms with van der Waals surface area (Å²) in [5, 5.41) is 3.37. The molecule has 0 saturated carbocycles. The molecule has 2 aromatic heterocycles. The quantitative estimate of drug-likeness (QED) is 0.698. The Balaban J connectivity index is 1.85. The SMILES string of the molecule is Cc1cnc2nc(-c3ccc4c(c3)CCN4)[nH]c2c1. The minimum Gasteiger partial charge on any atom is -0.384 e. The van der Waals surface area contributed by atoms with E-state index in [1.54, 1.807) is 0 Å². The monoisotopic (exact) mass is 250 g/mol. The minimum atomic E-state index is 0.777. The van der Waals surface area contributed by atoms with Gasteiger partial charge in [0.25, 0.3) is 0 Å². The van der Waals surface area contributed by atoms with Crippen molar-refractivity contribution in [3.05, 3.63) is 41.6 Å². The zero-order chi connectivity index (χ0) is 12.8. The number of benzene rings is 1. The first kappa shape index (κ1) is 10.6. The van der Waals surface area contributed by atoms with Crippen LogP contribution in [0.2, 0.25) is 0 Å². The van der Waals surface area contributed by atoms with Gasteiger partial charge in [-0.05, 0) is 48.7 Å². The van der Waals surface area contributed by atoms with Gasteiger partial charge in [-0.25, -0.2) is 9.97 Å². The van der Waals surface area contributed by atoms with E-state index in [-0.39, 0.29) is 0 Å². The Morgan fingerprint density at radius 3 is 3.11 bits per heavy atom. The lowest BCUT2D eigenvalue weighted by atomic mass is 10.1. The smallest absolute Gasteiger partial charge is 0.178 e. The molecule has 0 fully saturated rings. The fourth-order valence-corrected chi connectivity index (χ4v) is 2.59. The maximum Gasteiger partial charge on any atom is 0.178 e. The Hall–Kier alpha value is -2.36. The number of nitrogens with zero attached hydrogens (tertiary/aromatic N) is 2. The van der Waals surface area contributed by atoms with E-state index in [1.165, 1.54) is 11.3 Å². The number of fused-ring (bicyclic) bond motifs is 2. The highest BCUT2D eigenvalue weighted by molar-refractivity contribution is 5.77. The van der Waals surface area contributed by atoms with Crippen molar-refractivity contribution in [3.63, 3.8) is 0 Å². The second-order valence-corrected chi connectivity index (χ2v) is 5.02. The number of hydrogen-bond donors (Lipinski definition) is 2. The van der Waals surface area contributed by atoms with E-state index in [9.17, 15) is 0 Å². The van der Waals surface area contributed by atoms with Crippen LogP contribution in [0.1, 0.15) is 11.1 Å². The summed E-state index contributed by atoms with van der Waals surface area (Å²) in [6.45, 7) is 3.06. The van der Waals surface area contributed by atoms with Gasteiger partial charge >= 0.3 is 0 Å². The first-order chi connectivity index (χ1) is 9.29. The summed E-state index contributed by atoms with van der Waals surface area (Å²) >= 11 is 0. The van der Waals surface area contributed by atoms with Crippen LogP contribution in [0, 0.1) is 6.92 Å². The van der Waals surface area contributed by atoms with Crippen molar-refractivity contribution in [2.45, 2.75) is 13.3 Å². The van der Waals surface area contributed by atoms with Crippen LogP contribution < -0.4 is 5.32 Å². The molecule has 4 heteroatoms. The van der Waals surface area contributed by atoms with Gasteiger partial charge in [-0.3, -0.25) is 0 Å². The molecule has 0 amide bonds. The number of anilines is 1. The first-order valence-corrected chi connectivity index (χ1v) is 6.49. The van der Waals surface area contributed by atoms with E-state index in [2.05, 4.69) is 44.5 Å². The average Bonchev–Trinajstić information content (AvgIpc) is 3.02. The maximum atomic E-state index is 4.56. The van der Waals surface area contributed by atoms with Crippen LogP contribution in [-0.2, 0) is 6.42 Å². The van der Waals surface area contributed by atoms with Gasteiger partial charge in [0, 0.05) is 24.0 Å². The molecule has 94 valence electrons. The first-order valence-electron chi connectivity index (χ1n) is 6.49. The normalized spacial score (nSPS) is 13.5. The second kappa shape index (κ2) is 3.82. The lowest BCUT2D eigenvalue weighted by Crippen LogP contribution is -1.90. The summed E-state index contributed by atoms with van der Waals surface area (Å²) in [6.07, 6.45) is 2.93. The number of pyridine rings is 1. The van der Waals surface area contributed by atoms with Crippen molar-refractivity contribution in [1.29, 1.82) is 0 Å². The highest BCUT2D eigenvalue weighted by Gasteiger charge is 2.12. The van der Waals surface area contributed by atoms with Gasteiger partial charge in [0.05, 0.1) is 5.52 Å². The largest absolute Gasteiger partial charge is 0.384 e. The molecule has 4 nitrogen and oxygen atoms in total. The van der Waals surface area contributed by atoms with E-state index in [4.69, 9.17) is 0 Å². The number of nitrogens with one attached hydrogen (secondary N) is 2. The van der Waals surface area contributed by atoms with Crippen LogP contribution in [-0.4, -0.2) is 21.5 Å². The highest BCUT2D eigenvalue weighted by atomic mass is 15.0. The van der Waals surface area contributed by atoms with Crippen LogP contribution in [0.4, 0.5) is 5.69 Å². The lowest BCUT2D eigenvalue weighted by molar-refractivity contribution is 1.11. The summed E-state index contributed by atoms with van der Waals surface area (Å²) in [7, 11) is 0. The zero-order valence-corrected chi connectivity index (χ0v) is 10.7. The van der Waals surface area contributed by atoms with Gasteiger partial charge in [-0.15, -0.1) is 0 Å². The average molecular weight is 250 g/mol. The van der Waals surface area contributed by atoms with Gasteiger partial charge in [-0.1, -0.05) is 0 Å². The lowest BCUT2D eigenvalue weighted by Gasteiger charge is -2.01. The Kier molecular flexibility index (Phi) is 2.12. The predicted octanol–water partition coefficient (Wildman–Crippen LogP) is 2.90. The number of aromatic amines is 1. The third kappa shape index (κ3) is 1.68. The van der Waals surface area contributed by atoms with E-state index in [0.29, 0.717) is 0 Å². The molecule has 3 aromatic rings. The van der Waals surface area contributed by atoms with Gasteiger partial charge < -0.3 is 10.3 Å². The molecule has 1 aliphatic heterocycles. The molecule has 1 aromatic carbocycles. The van der Waals surface area contributed by atoms with Gasteiger partial charge in [-0.2, -0.15) is 0 Å². The fourth-order valence-electron chi connectivity index (χ4n) is 2.59. The van der Waals surface area contributed by atoms with Crippen molar-refractivity contribution >= 4 is 16.9 Å². The van der Waals surface area contributed by atoms with E-state index >= 15 is 0 Å². The Labute approximate surface area is 110 Å². The third-order valence-electron chi connectivity index (χ3n) is 3.56. The summed E-state index contributed by atoms with van der Waals surface area (Å²) < 4.78 is 0. The molecule has 2 N–H and O–H groups in total. The molecule has 0 radical (unpaired) electrons. The van der Waals surface area contributed by atoms with E-state index in [0.717, 1.165) is 41.1 Å². The van der Waals surface area contributed by atoms with Crippen molar-refractivity contribution in [1.82, 2.24) is 15.0 Å². The molecule has 0 saturated heterocycles. The van der Waals surface area contributed by atoms with Gasteiger partial charge in [0.15, 0.2) is 5.65 Å². The zero-order valence-electron chi connectivity index (χ0n) is 10.7. The molecule has 19 heavy (non-hydrogen) atoms. The minimum absolute atomic E-state index is 0.777. The second-order valence-electron chi connectivity index (χ2n) is 5.02. The van der Waals surface area contributed by atoms with Crippen molar-refractivity contribution in [3.8, 4) is 11.4 Å². The topological polar surface area (TPSA) is 53.6 Å². The molecule has 4 rings (SSSR count). The summed E-state index contributed by atoms with van der Waals surface area (Å²) in [5.74, 6) is 0.891. The third-order valence-corrected chi connectivity index (χ3v) is 3.56. The van der Waals surface area contributed by atoms with Crippen molar-refractivity contribution in [2.24, 2.45) is 0 Å². The highest BCUT2D eigenvalue weighted by Crippen LogP contribution is 2.28. The molecule has 0 atom stereocenters. The number of aryl methyl sites for hydroxylation is 1. The summed E-state index contributed by atoms with van der Waals surface area (Å²) in [5.41, 5.74) is 6.64. The molecule has 3 heterocycles. The number of imidazole rings is 1. The molecule has 1 aliphatic rings. The van der Waals surface area contributed by atoms with Gasteiger partial charge in [0.1, 0.15) is 5.82 Å². The number of H-pyrrole nitrogens is 1. The number of hydrogen-bond acceptors (Lipinski definition) is 3. The number of aromatic nitrogens is 3. The van der Waals surface area contributed by atoms with Crippen LogP contribution >= 0.6 is 0 Å². The van der Waals surface area contributed by atoms with Crippen molar-refractivity contribution in [2.75, 3.05) is 11.9 Å². The van der Waals surface area contributed by atoms with Crippen LogP contribution in [0.5, 0.6) is 0 Å². The molecular weight excluding hydrogens is 236 g/mol. The summed E-state index contributed by atoms with van der Waals surface area (Å²) in [6, 6.07) is 8.51. The van der Waals surface area contributed by atoms with Crippen LogP contribution in [0.3, 0.4) is 0 Å². The number of rotatable bonds is 1. The molecule has 0 aliphatic carbocycles. The Morgan fingerprint density at radius 1 is 1.21 bits per heavy atom. The Bertz CT molecular complexity index is 773. The van der Waals surface area contributed by atoms with Crippen LogP contribution in [0.15, 0.2) is 30.5 Å². The predicted molar refractivity (Wildman–Crippen MR) is 76.3 cm³/mol. The summed E-state index contributed by atoms with van der Waals surface area (Å²) in [4.78, 5) is 12.3. The molecule has 0 bridgehead atoms. The van der Waals surface area contributed by atoms with Crippen molar-refractivity contribution < 1.29 is 0 Å². The van der Waals surface area contributed by atoms with E-state index in [1.807, 2.05) is 13.1 Å². The molecular formula is C15H14N4. The fraction of sp³-hybridized carbons (Fsp3) is 0.200.